The molecule has 0 radical (unpaired) electrons. The lowest BCUT2D eigenvalue weighted by Gasteiger charge is -2.18. The number of para-hydroxylation sites is 1. The van der Waals surface area contributed by atoms with Crippen molar-refractivity contribution in [3.8, 4) is 0 Å². The summed E-state index contributed by atoms with van der Waals surface area (Å²) in [5.74, 6) is -0.279. The number of benzene rings is 2. The van der Waals surface area contributed by atoms with Crippen LogP contribution in [0, 0.1) is 0 Å². The van der Waals surface area contributed by atoms with Crippen molar-refractivity contribution in [1.29, 1.82) is 0 Å². The van der Waals surface area contributed by atoms with Gasteiger partial charge in [0, 0.05) is 10.7 Å². The number of nitrogens with zero attached hydrogens (tertiary/aromatic N) is 2. The van der Waals surface area contributed by atoms with E-state index in [-0.39, 0.29) is 11.5 Å². The van der Waals surface area contributed by atoms with Crippen LogP contribution in [0.15, 0.2) is 59.7 Å². The van der Waals surface area contributed by atoms with Gasteiger partial charge in [0.25, 0.3) is 5.56 Å². The molecule has 0 saturated heterocycles. The lowest BCUT2D eigenvalue weighted by molar-refractivity contribution is -0.119. The third kappa shape index (κ3) is 3.16. The highest BCUT2D eigenvalue weighted by Gasteiger charge is 2.21. The molecule has 0 fully saturated rings. The van der Waals surface area contributed by atoms with Crippen LogP contribution in [0.25, 0.3) is 10.9 Å². The first-order valence-electron chi connectivity index (χ1n) is 7.62. The van der Waals surface area contributed by atoms with Crippen LogP contribution < -0.4 is 10.9 Å². The second-order valence-electron chi connectivity index (χ2n) is 5.40. The Labute approximate surface area is 143 Å². The minimum atomic E-state index is -0.645. The first kappa shape index (κ1) is 16.2. The molecule has 0 spiro atoms. The minimum absolute atomic E-state index is 0.228. The van der Waals surface area contributed by atoms with Crippen molar-refractivity contribution in [1.82, 2.24) is 9.55 Å². The maximum absolute atomic E-state index is 12.7. The maximum Gasteiger partial charge on any atom is 0.261 e. The van der Waals surface area contributed by atoms with E-state index in [1.54, 1.807) is 42.5 Å². The second kappa shape index (κ2) is 6.84. The molecule has 3 rings (SSSR count). The number of fused-ring (bicyclic) bond motifs is 1. The predicted octanol–water partition coefficient (Wildman–Crippen LogP) is 3.64. The van der Waals surface area contributed by atoms with E-state index in [1.165, 1.54) is 10.9 Å². The highest BCUT2D eigenvalue weighted by atomic mass is 35.5. The molecule has 24 heavy (non-hydrogen) atoms. The van der Waals surface area contributed by atoms with Gasteiger partial charge >= 0.3 is 0 Å². The standard InChI is InChI=1S/C18H16ClN3O2/c1-2-16(17(23)21-13-7-5-6-12(19)10-13)22-11-20-15-9-4-3-8-14(15)18(22)24/h3-11,16H,2H2,1H3,(H,21,23)/t16-/m0/s1. The molecule has 0 unspecified atom stereocenters. The maximum atomic E-state index is 12.7. The molecule has 2 aromatic carbocycles. The Morgan fingerprint density at radius 3 is 2.79 bits per heavy atom. The molecule has 5 nitrogen and oxygen atoms in total. The molecule has 1 heterocycles. The summed E-state index contributed by atoms with van der Waals surface area (Å²) >= 11 is 5.93. The molecule has 0 aliphatic carbocycles. The lowest BCUT2D eigenvalue weighted by atomic mass is 10.1. The molecule has 0 bridgehead atoms. The number of rotatable bonds is 4. The van der Waals surface area contributed by atoms with Gasteiger partial charge in [-0.25, -0.2) is 4.98 Å². The summed E-state index contributed by atoms with van der Waals surface area (Å²) in [5, 5.41) is 3.82. The van der Waals surface area contributed by atoms with Crippen LogP contribution in [0.5, 0.6) is 0 Å². The number of nitrogens with one attached hydrogen (secondary N) is 1. The highest BCUT2D eigenvalue weighted by molar-refractivity contribution is 6.30. The van der Waals surface area contributed by atoms with Crippen LogP contribution >= 0.6 is 11.6 Å². The number of hydrogen-bond acceptors (Lipinski definition) is 3. The summed E-state index contributed by atoms with van der Waals surface area (Å²) in [4.78, 5) is 29.5. The summed E-state index contributed by atoms with van der Waals surface area (Å²) in [5.41, 5.74) is 0.977. The SMILES string of the molecule is CC[C@@H](C(=O)Nc1cccc(Cl)c1)n1cnc2ccccc2c1=O. The molecule has 1 amide bonds. The van der Waals surface area contributed by atoms with Gasteiger partial charge in [-0.3, -0.25) is 14.2 Å². The number of anilines is 1. The monoisotopic (exact) mass is 341 g/mol. The Morgan fingerprint density at radius 2 is 2.04 bits per heavy atom. The van der Waals surface area contributed by atoms with Gasteiger partial charge in [0.2, 0.25) is 5.91 Å². The van der Waals surface area contributed by atoms with Crippen molar-refractivity contribution in [2.75, 3.05) is 5.32 Å². The highest BCUT2D eigenvalue weighted by Crippen LogP contribution is 2.18. The number of aromatic nitrogens is 2. The smallest absolute Gasteiger partial charge is 0.261 e. The first-order chi connectivity index (χ1) is 11.6. The zero-order valence-electron chi connectivity index (χ0n) is 13.1. The van der Waals surface area contributed by atoms with E-state index in [4.69, 9.17) is 11.6 Å². The van der Waals surface area contributed by atoms with Gasteiger partial charge in [-0.15, -0.1) is 0 Å². The predicted molar refractivity (Wildman–Crippen MR) is 95.4 cm³/mol. The zero-order chi connectivity index (χ0) is 17.1. The summed E-state index contributed by atoms with van der Waals surface area (Å²) in [6.45, 7) is 1.85. The fourth-order valence-electron chi connectivity index (χ4n) is 2.61. The van der Waals surface area contributed by atoms with Crippen LogP contribution in [0.1, 0.15) is 19.4 Å². The van der Waals surface area contributed by atoms with Crippen LogP contribution in [0.4, 0.5) is 5.69 Å². The van der Waals surface area contributed by atoms with E-state index in [9.17, 15) is 9.59 Å². The quantitative estimate of drug-likeness (QED) is 0.788. The molecule has 0 aliphatic rings. The van der Waals surface area contributed by atoms with Crippen molar-refractivity contribution in [3.63, 3.8) is 0 Å². The number of halogens is 1. The molecular formula is C18H16ClN3O2. The minimum Gasteiger partial charge on any atom is -0.324 e. The normalized spacial score (nSPS) is 12.1. The Morgan fingerprint density at radius 1 is 1.25 bits per heavy atom. The largest absolute Gasteiger partial charge is 0.324 e. The van der Waals surface area contributed by atoms with Gasteiger partial charge in [-0.05, 0) is 36.8 Å². The Bertz CT molecular complexity index is 952. The number of carbonyl (C=O) groups excluding carboxylic acids is 1. The molecule has 1 atom stereocenters. The van der Waals surface area contributed by atoms with Gasteiger partial charge in [0.1, 0.15) is 6.04 Å². The van der Waals surface area contributed by atoms with Gasteiger partial charge in [0.05, 0.1) is 17.2 Å². The summed E-state index contributed by atoms with van der Waals surface area (Å²) in [6, 6.07) is 13.3. The van der Waals surface area contributed by atoms with Crippen LogP contribution in [0.2, 0.25) is 5.02 Å². The van der Waals surface area contributed by atoms with Crippen molar-refractivity contribution in [3.05, 3.63) is 70.2 Å². The number of carbonyl (C=O) groups is 1. The molecule has 1 aromatic heterocycles. The third-order valence-electron chi connectivity index (χ3n) is 3.81. The van der Waals surface area contributed by atoms with Crippen molar-refractivity contribution < 1.29 is 4.79 Å². The summed E-state index contributed by atoms with van der Waals surface area (Å²) in [6.07, 6.45) is 1.89. The van der Waals surface area contributed by atoms with E-state index in [1.807, 2.05) is 13.0 Å². The number of amides is 1. The van der Waals surface area contributed by atoms with Gasteiger partial charge in [-0.2, -0.15) is 0 Å². The summed E-state index contributed by atoms with van der Waals surface area (Å²) in [7, 11) is 0. The Hall–Kier alpha value is -2.66. The van der Waals surface area contributed by atoms with Gasteiger partial charge in [0.15, 0.2) is 0 Å². The van der Waals surface area contributed by atoms with E-state index >= 15 is 0 Å². The zero-order valence-corrected chi connectivity index (χ0v) is 13.8. The number of hydrogen-bond donors (Lipinski definition) is 1. The van der Waals surface area contributed by atoms with Crippen molar-refractivity contribution in [2.45, 2.75) is 19.4 Å². The first-order valence-corrected chi connectivity index (χ1v) is 8.00. The molecule has 0 saturated carbocycles. The molecule has 0 aliphatic heterocycles. The Balaban J connectivity index is 1.95. The van der Waals surface area contributed by atoms with Crippen LogP contribution in [0.3, 0.4) is 0 Å². The van der Waals surface area contributed by atoms with E-state index in [2.05, 4.69) is 10.3 Å². The fraction of sp³-hybridized carbons (Fsp3) is 0.167. The lowest BCUT2D eigenvalue weighted by Crippen LogP contribution is -2.33. The molecule has 122 valence electrons. The summed E-state index contributed by atoms with van der Waals surface area (Å²) < 4.78 is 1.38. The van der Waals surface area contributed by atoms with Crippen molar-refractivity contribution in [2.24, 2.45) is 0 Å². The molecular weight excluding hydrogens is 326 g/mol. The van der Waals surface area contributed by atoms with Crippen molar-refractivity contribution >= 4 is 34.1 Å². The van der Waals surface area contributed by atoms with Crippen LogP contribution in [-0.2, 0) is 4.79 Å². The van der Waals surface area contributed by atoms with E-state index in [0.717, 1.165) is 0 Å². The molecule has 3 aromatic rings. The Kier molecular flexibility index (Phi) is 4.62. The average Bonchev–Trinajstić information content (AvgIpc) is 2.58. The van der Waals surface area contributed by atoms with E-state index in [0.29, 0.717) is 28.0 Å². The van der Waals surface area contributed by atoms with E-state index < -0.39 is 6.04 Å². The van der Waals surface area contributed by atoms with Gasteiger partial charge < -0.3 is 5.32 Å². The fourth-order valence-corrected chi connectivity index (χ4v) is 2.80. The second-order valence-corrected chi connectivity index (χ2v) is 5.83. The molecule has 1 N–H and O–H groups in total. The molecule has 6 heteroatoms. The topological polar surface area (TPSA) is 64.0 Å². The third-order valence-corrected chi connectivity index (χ3v) is 4.04. The average molecular weight is 342 g/mol. The van der Waals surface area contributed by atoms with Gasteiger partial charge in [-0.1, -0.05) is 36.7 Å². The van der Waals surface area contributed by atoms with Crippen LogP contribution in [-0.4, -0.2) is 15.5 Å².